The molecule has 1 aromatic rings. The second-order valence-corrected chi connectivity index (χ2v) is 5.64. The van der Waals surface area contributed by atoms with E-state index in [9.17, 15) is 10.2 Å². The second kappa shape index (κ2) is 6.65. The van der Waals surface area contributed by atoms with E-state index < -0.39 is 12.2 Å². The van der Waals surface area contributed by atoms with Crippen LogP contribution < -0.4 is 4.90 Å². The molecule has 0 bridgehead atoms. The Labute approximate surface area is 124 Å². The van der Waals surface area contributed by atoms with Crippen molar-refractivity contribution < 1.29 is 14.9 Å². The van der Waals surface area contributed by atoms with Gasteiger partial charge in [0.15, 0.2) is 0 Å². The first-order valence-corrected chi connectivity index (χ1v) is 7.44. The molecule has 2 aliphatic rings. The quantitative estimate of drug-likeness (QED) is 0.748. The van der Waals surface area contributed by atoms with E-state index in [2.05, 4.69) is 19.8 Å². The molecule has 3 unspecified atom stereocenters. The Hall–Kier alpha value is -1.28. The van der Waals surface area contributed by atoms with E-state index in [-0.39, 0.29) is 6.10 Å². The monoisotopic (exact) mass is 294 g/mol. The zero-order valence-electron chi connectivity index (χ0n) is 12.0. The lowest BCUT2D eigenvalue weighted by Gasteiger charge is -2.39. The molecule has 0 aliphatic carbocycles. The van der Waals surface area contributed by atoms with E-state index in [1.54, 1.807) is 0 Å². The summed E-state index contributed by atoms with van der Waals surface area (Å²) in [5, 5.41) is 19.7. The molecule has 1 aromatic heterocycles. The van der Waals surface area contributed by atoms with Gasteiger partial charge in [-0.15, -0.1) is 0 Å². The van der Waals surface area contributed by atoms with Gasteiger partial charge >= 0.3 is 0 Å². The molecule has 0 amide bonds. The lowest BCUT2D eigenvalue weighted by atomic mass is 10.0. The number of rotatable bonds is 3. The molecule has 0 aromatic carbocycles. The number of hydrogen-bond acceptors (Lipinski definition) is 7. The highest BCUT2D eigenvalue weighted by atomic mass is 16.5. The number of aliphatic hydroxyl groups excluding tert-OH is 2. The third kappa shape index (κ3) is 3.49. The van der Waals surface area contributed by atoms with Crippen molar-refractivity contribution in [2.24, 2.45) is 0 Å². The Bertz CT molecular complexity index is 439. The highest BCUT2D eigenvalue weighted by Gasteiger charge is 2.33. The van der Waals surface area contributed by atoms with Gasteiger partial charge in [0.1, 0.15) is 12.4 Å². The first-order chi connectivity index (χ1) is 10.2. The molecule has 2 fully saturated rings. The third-order valence-electron chi connectivity index (χ3n) is 4.24. The Morgan fingerprint density at radius 2 is 1.86 bits per heavy atom. The van der Waals surface area contributed by atoms with Gasteiger partial charge in [-0.25, -0.2) is 9.97 Å². The first kappa shape index (κ1) is 14.6. The van der Waals surface area contributed by atoms with E-state index >= 15 is 0 Å². The molecule has 0 saturated carbocycles. The maximum Gasteiger partial charge on any atom is 0.115 e. The van der Waals surface area contributed by atoms with E-state index in [1.165, 1.54) is 6.33 Å². The lowest BCUT2D eigenvalue weighted by Crippen LogP contribution is -2.54. The number of nitrogens with zero attached hydrogens (tertiary/aromatic N) is 4. The number of anilines is 1. The van der Waals surface area contributed by atoms with Crippen molar-refractivity contribution in [3.05, 3.63) is 18.7 Å². The van der Waals surface area contributed by atoms with Crippen LogP contribution in [-0.4, -0.2) is 82.7 Å². The van der Waals surface area contributed by atoms with Crippen LogP contribution in [0, 0.1) is 0 Å². The summed E-state index contributed by atoms with van der Waals surface area (Å²) in [6.45, 7) is 4.79. The van der Waals surface area contributed by atoms with Crippen LogP contribution in [0.4, 0.5) is 5.69 Å². The predicted octanol–water partition coefficient (Wildman–Crippen LogP) is -0.891. The summed E-state index contributed by atoms with van der Waals surface area (Å²) in [6, 6.07) is 0. The molecule has 0 radical (unpaired) electrons. The summed E-state index contributed by atoms with van der Waals surface area (Å²) in [5.41, 5.74) is 1.04. The summed E-state index contributed by atoms with van der Waals surface area (Å²) >= 11 is 0. The van der Waals surface area contributed by atoms with Crippen molar-refractivity contribution in [1.82, 2.24) is 14.9 Å². The summed E-state index contributed by atoms with van der Waals surface area (Å²) in [7, 11) is 0. The van der Waals surface area contributed by atoms with E-state index in [4.69, 9.17) is 4.74 Å². The molecule has 2 saturated heterocycles. The summed E-state index contributed by atoms with van der Waals surface area (Å²) < 4.78 is 5.59. The largest absolute Gasteiger partial charge is 0.390 e. The lowest BCUT2D eigenvalue weighted by molar-refractivity contribution is -0.141. The number of ether oxygens (including phenoxy) is 1. The molecular weight excluding hydrogens is 272 g/mol. The van der Waals surface area contributed by atoms with Gasteiger partial charge in [0.2, 0.25) is 0 Å². The molecule has 3 heterocycles. The minimum Gasteiger partial charge on any atom is -0.390 e. The second-order valence-electron chi connectivity index (χ2n) is 5.64. The molecule has 7 heteroatoms. The van der Waals surface area contributed by atoms with Crippen LogP contribution in [0.3, 0.4) is 0 Å². The van der Waals surface area contributed by atoms with Gasteiger partial charge in [0.25, 0.3) is 0 Å². The van der Waals surface area contributed by atoms with Crippen LogP contribution in [0.25, 0.3) is 0 Å². The van der Waals surface area contributed by atoms with Crippen molar-refractivity contribution in [3.63, 3.8) is 0 Å². The Kier molecular flexibility index (Phi) is 4.64. The van der Waals surface area contributed by atoms with E-state index in [0.717, 1.165) is 31.9 Å². The van der Waals surface area contributed by atoms with Crippen LogP contribution in [0.5, 0.6) is 0 Å². The fraction of sp³-hybridized carbons (Fsp3) is 0.714. The smallest absolute Gasteiger partial charge is 0.115 e. The zero-order valence-corrected chi connectivity index (χ0v) is 12.0. The van der Waals surface area contributed by atoms with Crippen LogP contribution in [0.1, 0.15) is 6.42 Å². The Morgan fingerprint density at radius 3 is 2.57 bits per heavy atom. The average Bonchev–Trinajstić information content (AvgIpc) is 2.53. The Morgan fingerprint density at radius 1 is 1.14 bits per heavy atom. The standard InChI is InChI=1S/C14H22N4O3/c19-12-1-6-21-13(14(12)20)9-17-2-4-18(5-3-17)11-7-15-10-16-8-11/h7-8,10,12-14,19-20H,1-6,9H2. The fourth-order valence-electron chi connectivity index (χ4n) is 2.92. The Balaban J connectivity index is 1.50. The molecule has 3 rings (SSSR count). The molecule has 116 valence electrons. The highest BCUT2D eigenvalue weighted by Crippen LogP contribution is 2.18. The number of aliphatic hydroxyl groups is 2. The molecule has 3 atom stereocenters. The maximum atomic E-state index is 9.97. The van der Waals surface area contributed by atoms with Crippen molar-refractivity contribution in [2.75, 3.05) is 44.2 Å². The van der Waals surface area contributed by atoms with Gasteiger partial charge in [0.05, 0.1) is 30.3 Å². The van der Waals surface area contributed by atoms with Crippen LogP contribution in [0.15, 0.2) is 18.7 Å². The van der Waals surface area contributed by atoms with Gasteiger partial charge < -0.3 is 19.8 Å². The van der Waals surface area contributed by atoms with Crippen LogP contribution >= 0.6 is 0 Å². The number of aromatic nitrogens is 2. The minimum absolute atomic E-state index is 0.291. The summed E-state index contributed by atoms with van der Waals surface area (Å²) in [5.74, 6) is 0. The van der Waals surface area contributed by atoms with Crippen LogP contribution in [-0.2, 0) is 4.74 Å². The topological polar surface area (TPSA) is 82.0 Å². The number of hydrogen-bond donors (Lipinski definition) is 2. The molecule has 21 heavy (non-hydrogen) atoms. The molecule has 2 aliphatic heterocycles. The fourth-order valence-corrected chi connectivity index (χ4v) is 2.92. The summed E-state index contributed by atoms with van der Waals surface area (Å²) in [4.78, 5) is 12.6. The normalized spacial score (nSPS) is 31.3. The van der Waals surface area contributed by atoms with Crippen LogP contribution in [0.2, 0.25) is 0 Å². The van der Waals surface area contributed by atoms with E-state index in [1.807, 2.05) is 12.4 Å². The molecule has 2 N–H and O–H groups in total. The maximum absolute atomic E-state index is 9.97. The first-order valence-electron chi connectivity index (χ1n) is 7.44. The highest BCUT2D eigenvalue weighted by molar-refractivity contribution is 5.41. The molecular formula is C14H22N4O3. The minimum atomic E-state index is -0.778. The third-order valence-corrected chi connectivity index (χ3v) is 4.24. The van der Waals surface area contributed by atoms with Crippen molar-refractivity contribution in [2.45, 2.75) is 24.7 Å². The van der Waals surface area contributed by atoms with E-state index in [0.29, 0.717) is 19.6 Å². The molecule has 7 nitrogen and oxygen atoms in total. The molecule has 0 spiro atoms. The predicted molar refractivity (Wildman–Crippen MR) is 77.1 cm³/mol. The van der Waals surface area contributed by atoms with Crippen molar-refractivity contribution >= 4 is 5.69 Å². The van der Waals surface area contributed by atoms with Gasteiger partial charge in [-0.1, -0.05) is 0 Å². The average molecular weight is 294 g/mol. The summed E-state index contributed by atoms with van der Waals surface area (Å²) in [6.07, 6.45) is 3.97. The zero-order chi connectivity index (χ0) is 14.7. The van der Waals surface area contributed by atoms with Gasteiger partial charge in [0, 0.05) is 39.3 Å². The van der Waals surface area contributed by atoms with Gasteiger partial charge in [-0.05, 0) is 6.42 Å². The van der Waals surface area contributed by atoms with Crippen molar-refractivity contribution in [1.29, 1.82) is 0 Å². The van der Waals surface area contributed by atoms with Gasteiger partial charge in [-0.2, -0.15) is 0 Å². The van der Waals surface area contributed by atoms with Crippen molar-refractivity contribution in [3.8, 4) is 0 Å². The SMILES string of the molecule is OC1CCOC(CN2CCN(c3cncnc3)CC2)C1O. The van der Waals surface area contributed by atoms with Gasteiger partial charge in [-0.3, -0.25) is 4.90 Å². The number of piperazine rings is 1.